The number of para-hydroxylation sites is 3. The molecule has 0 aliphatic carbocycles. The van der Waals surface area contributed by atoms with Crippen molar-refractivity contribution < 1.29 is 33.8 Å². The van der Waals surface area contributed by atoms with Crippen LogP contribution in [-0.4, -0.2) is 59.6 Å². The van der Waals surface area contributed by atoms with Crippen molar-refractivity contribution in [2.45, 2.75) is 69.2 Å². The smallest absolute Gasteiger partial charge is 0.266 e. The minimum Gasteiger partial charge on any atom is -0.454 e. The van der Waals surface area contributed by atoms with Gasteiger partial charge in [-0.2, -0.15) is 0 Å². The Morgan fingerprint density at radius 1 is 0.879 bits per heavy atom. The van der Waals surface area contributed by atoms with Gasteiger partial charge in [0.15, 0.2) is 19.7 Å². The summed E-state index contributed by atoms with van der Waals surface area (Å²) in [4.78, 5) is 60.4. The van der Waals surface area contributed by atoms with Crippen LogP contribution in [0.15, 0.2) is 120 Å². The van der Waals surface area contributed by atoms with Gasteiger partial charge in [0.25, 0.3) is 11.8 Å². The van der Waals surface area contributed by atoms with E-state index in [0.717, 1.165) is 21.2 Å². The van der Waals surface area contributed by atoms with E-state index in [2.05, 4.69) is 15.9 Å². The fourth-order valence-corrected chi connectivity index (χ4v) is 12.7. The summed E-state index contributed by atoms with van der Waals surface area (Å²) >= 11 is 3.64. The molecule has 0 radical (unpaired) electrons. The van der Waals surface area contributed by atoms with Gasteiger partial charge in [-0.3, -0.25) is 19.3 Å². The van der Waals surface area contributed by atoms with E-state index < -0.39 is 31.5 Å². The second kappa shape index (κ2) is 14.6. The summed E-state index contributed by atoms with van der Waals surface area (Å²) in [6, 6.07) is 35.5. The van der Waals surface area contributed by atoms with Crippen LogP contribution in [0.1, 0.15) is 46.0 Å². The van der Waals surface area contributed by atoms with Crippen LogP contribution in [0.3, 0.4) is 0 Å². The maximum absolute atomic E-state index is 15.1. The summed E-state index contributed by atoms with van der Waals surface area (Å²) in [5, 5.41) is 10.4. The Hall–Kier alpha value is -5.11. The predicted molar refractivity (Wildman–Crippen MR) is 227 cm³/mol. The van der Waals surface area contributed by atoms with E-state index in [1.165, 1.54) is 0 Å². The fourth-order valence-electron chi connectivity index (χ4n) is 9.74. The molecule has 9 rings (SSSR count). The molecule has 58 heavy (non-hydrogen) atoms. The van der Waals surface area contributed by atoms with Crippen LogP contribution in [0.4, 0.5) is 17.1 Å². The highest BCUT2D eigenvalue weighted by molar-refractivity contribution is 9.10. The predicted octanol–water partition coefficient (Wildman–Crippen LogP) is 8.21. The third-order valence-corrected chi connectivity index (χ3v) is 15.4. The summed E-state index contributed by atoms with van der Waals surface area (Å²) in [5.41, 5.74) is 4.22. The first-order valence-corrected chi connectivity index (χ1v) is 23.5. The number of aliphatic hydroxyl groups excluding tert-OH is 1. The number of carbonyl (C=O) groups is 3. The van der Waals surface area contributed by atoms with Crippen molar-refractivity contribution in [1.82, 2.24) is 4.90 Å². The molecule has 0 saturated carbocycles. The van der Waals surface area contributed by atoms with Gasteiger partial charge in [0, 0.05) is 33.7 Å². The van der Waals surface area contributed by atoms with E-state index in [0.29, 0.717) is 52.7 Å². The summed E-state index contributed by atoms with van der Waals surface area (Å²) in [7, 11) is -3.05. The molecule has 5 atom stereocenters. The molecule has 4 heterocycles. The second-order valence-electron chi connectivity index (χ2n) is 16.3. The van der Waals surface area contributed by atoms with Crippen LogP contribution in [0.2, 0.25) is 18.6 Å². The zero-order valence-corrected chi connectivity index (χ0v) is 35.1. The molecule has 3 amide bonds. The second-order valence-corrected chi connectivity index (χ2v) is 21.2. The van der Waals surface area contributed by atoms with E-state index in [4.69, 9.17) is 9.47 Å². The Morgan fingerprint density at radius 2 is 1.57 bits per heavy atom. The molecule has 1 fully saturated rings. The number of amides is 3. The number of halogens is 1. The van der Waals surface area contributed by atoms with Gasteiger partial charge >= 0.3 is 0 Å². The molecular weight excluding hydrogens is 815 g/mol. The van der Waals surface area contributed by atoms with Gasteiger partial charge in [0.05, 0.1) is 48.7 Å². The average molecular weight is 859 g/mol. The van der Waals surface area contributed by atoms with Crippen molar-refractivity contribution in [3.63, 3.8) is 0 Å². The van der Waals surface area contributed by atoms with E-state index in [1.54, 1.807) is 26.8 Å². The minimum atomic E-state index is -3.05. The van der Waals surface area contributed by atoms with Crippen molar-refractivity contribution >= 4 is 59.0 Å². The van der Waals surface area contributed by atoms with E-state index >= 15 is 4.79 Å². The lowest BCUT2D eigenvalue weighted by Crippen LogP contribution is -2.48. The van der Waals surface area contributed by atoms with Crippen molar-refractivity contribution in [3.8, 4) is 11.5 Å². The van der Waals surface area contributed by atoms with Crippen LogP contribution < -0.4 is 14.5 Å². The molecule has 0 aromatic heterocycles. The molecule has 0 bridgehead atoms. The lowest BCUT2D eigenvalue weighted by molar-refractivity contribution is -0.151. The largest absolute Gasteiger partial charge is 0.454 e. The number of ether oxygens (including phenoxy) is 2. The van der Waals surface area contributed by atoms with Gasteiger partial charge in [-0.15, -0.1) is 0 Å². The average Bonchev–Trinajstić information content (AvgIpc) is 3.58. The number of anilines is 3. The number of benzene rings is 5. The lowest BCUT2D eigenvalue weighted by Gasteiger charge is -2.37. The lowest BCUT2D eigenvalue weighted by atomic mass is 9.82. The quantitative estimate of drug-likeness (QED) is 0.159. The van der Waals surface area contributed by atoms with Gasteiger partial charge < -0.3 is 29.2 Å². The van der Waals surface area contributed by atoms with Crippen molar-refractivity contribution in [2.75, 3.05) is 16.4 Å². The molecule has 1 saturated heterocycles. The Labute approximate surface area is 346 Å². The van der Waals surface area contributed by atoms with Gasteiger partial charge in [0.2, 0.25) is 5.91 Å². The molecule has 4 aliphatic rings. The van der Waals surface area contributed by atoms with E-state index in [-0.39, 0.29) is 43.3 Å². The van der Waals surface area contributed by atoms with Crippen molar-refractivity contribution in [1.29, 1.82) is 0 Å². The van der Waals surface area contributed by atoms with Gasteiger partial charge in [-0.25, -0.2) is 0 Å². The maximum atomic E-state index is 15.1. The number of rotatable bonds is 7. The first-order chi connectivity index (χ1) is 27.9. The van der Waals surface area contributed by atoms with Crippen LogP contribution in [0.25, 0.3) is 0 Å². The summed E-state index contributed by atoms with van der Waals surface area (Å²) in [5.74, 6) is -0.0499. The van der Waals surface area contributed by atoms with Gasteiger partial charge in [-0.05, 0) is 90.8 Å². The number of carbonyl (C=O) groups excluding carboxylic acids is 3. The molecule has 2 N–H and O–H groups in total. The third kappa shape index (κ3) is 6.29. The highest BCUT2D eigenvalue weighted by Gasteiger charge is 2.66. The Kier molecular flexibility index (Phi) is 9.68. The summed E-state index contributed by atoms with van der Waals surface area (Å²) in [6.45, 7) is 6.09. The standard InChI is InChI=1S/C46H44BrN3O7Si/c1-28-43(58(2,3)55)41(24-42(52)48-26-31-11-5-4-10-30(31)22-34(48)27-51)57-46(28)36-23-32(47)18-21-37(36)49(45(46)54)25-29-16-19-33(20-17-29)50-38-13-7-9-15-40(38)56-39-14-8-6-12-35(39)44(50)53/h4-21,23,28,34,41,43,51,55H,22,24-27H2,1-3H3/t28-,34+,41+,43-,46+/m1/s1. The van der Waals surface area contributed by atoms with Crippen LogP contribution >= 0.6 is 15.9 Å². The number of aliphatic hydroxyl groups is 1. The van der Waals surface area contributed by atoms with Gasteiger partial charge in [0.1, 0.15) is 5.75 Å². The molecule has 10 nitrogen and oxygen atoms in total. The molecule has 5 aromatic rings. The van der Waals surface area contributed by atoms with Crippen LogP contribution in [-0.2, 0) is 39.4 Å². The molecule has 0 unspecified atom stereocenters. The van der Waals surface area contributed by atoms with Crippen molar-refractivity contribution in [2.24, 2.45) is 5.92 Å². The van der Waals surface area contributed by atoms with Crippen molar-refractivity contribution in [3.05, 3.63) is 148 Å². The molecular formula is C46H44BrN3O7Si. The first kappa shape index (κ1) is 38.4. The minimum absolute atomic E-state index is 0.0294. The number of hydrogen-bond donors (Lipinski definition) is 2. The summed E-state index contributed by atoms with van der Waals surface area (Å²) in [6.07, 6.45) is -0.213. The molecule has 5 aromatic carbocycles. The number of hydrogen-bond acceptors (Lipinski definition) is 7. The summed E-state index contributed by atoms with van der Waals surface area (Å²) < 4.78 is 14.0. The van der Waals surface area contributed by atoms with Crippen LogP contribution in [0.5, 0.6) is 11.5 Å². The fraction of sp³-hybridized carbons (Fsp3) is 0.283. The number of nitrogens with zero attached hydrogens (tertiary/aromatic N) is 3. The molecule has 4 aliphatic heterocycles. The molecule has 1 spiro atoms. The zero-order chi connectivity index (χ0) is 40.5. The third-order valence-electron chi connectivity index (χ3n) is 12.4. The maximum Gasteiger partial charge on any atom is 0.266 e. The van der Waals surface area contributed by atoms with E-state index in [1.807, 2.05) is 123 Å². The van der Waals surface area contributed by atoms with Gasteiger partial charge in [-0.1, -0.05) is 83.5 Å². The Morgan fingerprint density at radius 3 is 2.31 bits per heavy atom. The first-order valence-electron chi connectivity index (χ1n) is 19.7. The van der Waals surface area contributed by atoms with E-state index in [9.17, 15) is 19.5 Å². The normalized spacial score (nSPS) is 23.6. The SMILES string of the molecule is C[C@@H]1[C@@H]([Si](C)(C)O)[C@H](CC(=O)N2Cc3ccccc3C[C@H]2CO)O[C@@]12C(=O)N(Cc1ccc(N3C(=O)c4ccccc4Oc4ccccc43)cc1)c1ccc(Br)cc12. The highest BCUT2D eigenvalue weighted by Crippen LogP contribution is 2.60. The molecule has 296 valence electrons. The highest BCUT2D eigenvalue weighted by atomic mass is 79.9. The Balaban J connectivity index is 1.02. The van der Waals surface area contributed by atoms with Crippen LogP contribution in [0, 0.1) is 5.92 Å². The monoisotopic (exact) mass is 857 g/mol. The Bertz CT molecular complexity index is 2450. The topological polar surface area (TPSA) is 120 Å². The molecule has 12 heteroatoms. The number of fused-ring (bicyclic) bond motifs is 5. The zero-order valence-electron chi connectivity index (χ0n) is 32.5.